The first-order valence-electron chi connectivity index (χ1n) is 41.3. The number of benzene rings is 20. The summed E-state index contributed by atoms with van der Waals surface area (Å²) in [5.41, 5.74) is 37.0. The molecule has 20 aromatic rings. The lowest BCUT2D eigenvalue weighted by atomic mass is 9.77. The van der Waals surface area contributed by atoms with Crippen LogP contribution in [0.15, 0.2) is 413 Å². The number of hydrogen-bond acceptors (Lipinski definition) is 0. The lowest BCUT2D eigenvalue weighted by Gasteiger charge is -2.25. The minimum Gasteiger partial charge on any atom is -0.0622 e. The molecule has 20 aromatic carbocycles. The fourth-order valence-electron chi connectivity index (χ4n) is 20.3. The lowest BCUT2D eigenvalue weighted by molar-refractivity contribution is 0.660. The van der Waals surface area contributed by atoms with Crippen LogP contribution >= 0.6 is 0 Å². The van der Waals surface area contributed by atoms with E-state index in [0.29, 0.717) is 0 Å². The zero-order chi connectivity index (χ0) is 78.7. The fraction of sp³-hybridized carbons (Fsp3) is 0.0769. The molecule has 0 fully saturated rings. The van der Waals surface area contributed by atoms with E-state index in [1.165, 1.54) is 220 Å². The van der Waals surface area contributed by atoms with Gasteiger partial charge in [-0.2, -0.15) is 0 Å². The third-order valence-corrected chi connectivity index (χ3v) is 26.0. The molecule has 0 unspecified atom stereocenters. The predicted molar refractivity (Wildman–Crippen MR) is 501 cm³/mol. The van der Waals surface area contributed by atoms with Crippen molar-refractivity contribution in [1.29, 1.82) is 0 Å². The van der Waals surface area contributed by atoms with E-state index in [9.17, 15) is 0 Å². The van der Waals surface area contributed by atoms with Crippen LogP contribution in [0.1, 0.15) is 74.9 Å². The highest BCUT2D eigenvalue weighted by molar-refractivity contribution is 6.34. The summed E-state index contributed by atoms with van der Waals surface area (Å²) in [7, 11) is 0. The zero-order valence-corrected chi connectivity index (χ0v) is 66.8. The zero-order valence-electron chi connectivity index (χ0n) is 66.8. The molecule has 0 saturated carbocycles. The Labute approximate surface area is 686 Å². The van der Waals surface area contributed by atoms with Crippen molar-refractivity contribution >= 4 is 64.6 Å². The van der Waals surface area contributed by atoms with Crippen LogP contribution in [0.5, 0.6) is 0 Å². The van der Waals surface area contributed by atoms with Gasteiger partial charge >= 0.3 is 0 Å². The molecule has 117 heavy (non-hydrogen) atoms. The van der Waals surface area contributed by atoms with Crippen LogP contribution < -0.4 is 0 Å². The molecule has 0 aliphatic heterocycles. The summed E-state index contributed by atoms with van der Waals surface area (Å²) in [5.74, 6) is 0. The standard InChI is InChI=1S/C45H38.C42H28.C30H20/c1-43(2)39-21-17-27(29-15-19-33-31-11-7-9-13-37(31)44(3,4)41(33)25-29)23-35(39)36-24-28(18-22-40(36)43)30-16-20-34-32-12-8-10-14-38(32)45(5,6)42(34)26-30;1-5-17-29(18-6-1)37-33-25-13-14-26-34(33)39(31-21-9-3-10-22-31)42-40(32-23-11-4-12-24-32)36-28-16-15-27-35(36)38(41(37)42)30-19-7-2-8-20-30;1-2-11-22(12-3-1)29-25-14-6-8-16-27(25)30(28-17-9-7-15-26(28)29)24-19-18-21-10-4-5-13-23(21)20-24/h7-26H,1-6H3;1-28H;1-20H. The second-order valence-electron chi connectivity index (χ2n) is 33.6. The third-order valence-electron chi connectivity index (χ3n) is 26.0. The summed E-state index contributed by atoms with van der Waals surface area (Å²) in [6.07, 6.45) is 0. The summed E-state index contributed by atoms with van der Waals surface area (Å²) >= 11 is 0. The van der Waals surface area contributed by atoms with Crippen LogP contribution in [0.3, 0.4) is 0 Å². The molecule has 0 amide bonds. The maximum absolute atomic E-state index is 2.45. The molecule has 0 N–H and O–H groups in total. The van der Waals surface area contributed by atoms with Gasteiger partial charge in [0.25, 0.3) is 0 Å². The van der Waals surface area contributed by atoms with Crippen molar-refractivity contribution in [3.8, 4) is 122 Å². The first kappa shape index (κ1) is 70.8. The first-order valence-corrected chi connectivity index (χ1v) is 41.3. The van der Waals surface area contributed by atoms with Crippen LogP contribution in [-0.2, 0) is 16.2 Å². The van der Waals surface area contributed by atoms with E-state index in [-0.39, 0.29) is 16.2 Å². The van der Waals surface area contributed by atoms with Gasteiger partial charge in [-0.3, -0.25) is 0 Å². The molecular formula is C117H86. The van der Waals surface area contributed by atoms with E-state index in [4.69, 9.17) is 0 Å². The number of fused-ring (bicyclic) bond motifs is 15. The van der Waals surface area contributed by atoms with E-state index < -0.39 is 0 Å². The van der Waals surface area contributed by atoms with Gasteiger partial charge in [0.1, 0.15) is 0 Å². The number of rotatable bonds is 8. The van der Waals surface area contributed by atoms with Crippen molar-refractivity contribution in [3.63, 3.8) is 0 Å². The normalized spacial score (nSPS) is 13.4. The predicted octanol–water partition coefficient (Wildman–Crippen LogP) is 32.2. The Morgan fingerprint density at radius 2 is 0.376 bits per heavy atom. The van der Waals surface area contributed by atoms with Gasteiger partial charge in [0.15, 0.2) is 0 Å². The second-order valence-corrected chi connectivity index (χ2v) is 33.6. The van der Waals surface area contributed by atoms with Crippen LogP contribution in [0.4, 0.5) is 0 Å². The summed E-state index contributed by atoms with van der Waals surface area (Å²) < 4.78 is 0. The van der Waals surface area contributed by atoms with Gasteiger partial charge in [-0.25, -0.2) is 0 Å². The van der Waals surface area contributed by atoms with Gasteiger partial charge in [-0.1, -0.05) is 424 Å². The monoisotopic (exact) mass is 1490 g/mol. The SMILES string of the molecule is CC1(C)c2ccc(-c3ccc4c(c3)C(C)(C)c3ccccc3-4)cc2-c2cc(-c3ccc4c(c3)C(C)(C)c3ccccc3-4)ccc21.c1ccc(-c2c3ccccc3c(-c3ccc4ccccc4c3)c3ccccc23)cc1.c1ccc(-c2c3ccccc3c(-c3ccccc3)c3c(-c4ccccc4)c4ccccc4c(-c4ccccc4)c23)cc1. The van der Waals surface area contributed by atoms with Crippen molar-refractivity contribution in [2.24, 2.45) is 0 Å². The van der Waals surface area contributed by atoms with Gasteiger partial charge in [-0.05, 0) is 251 Å². The maximum Gasteiger partial charge on any atom is 0.0159 e. The third kappa shape index (κ3) is 11.6. The molecule has 23 rings (SSSR count). The van der Waals surface area contributed by atoms with Crippen molar-refractivity contribution in [3.05, 3.63) is 446 Å². The quantitative estimate of drug-likeness (QED) is 0.133. The van der Waals surface area contributed by atoms with Gasteiger partial charge in [0.2, 0.25) is 0 Å². The highest BCUT2D eigenvalue weighted by atomic mass is 14.4. The smallest absolute Gasteiger partial charge is 0.0159 e. The van der Waals surface area contributed by atoms with Crippen LogP contribution in [-0.4, -0.2) is 0 Å². The van der Waals surface area contributed by atoms with Crippen LogP contribution in [0, 0.1) is 0 Å². The topological polar surface area (TPSA) is 0 Å². The van der Waals surface area contributed by atoms with E-state index >= 15 is 0 Å². The van der Waals surface area contributed by atoms with Gasteiger partial charge < -0.3 is 0 Å². The van der Waals surface area contributed by atoms with Crippen LogP contribution in [0.2, 0.25) is 0 Å². The Hall–Kier alpha value is -14.0. The average molecular weight is 1490 g/mol. The van der Waals surface area contributed by atoms with E-state index in [2.05, 4.69) is 454 Å². The van der Waals surface area contributed by atoms with Crippen molar-refractivity contribution in [2.45, 2.75) is 57.8 Å². The molecule has 0 bridgehead atoms. The largest absolute Gasteiger partial charge is 0.0622 e. The maximum atomic E-state index is 2.45. The summed E-state index contributed by atoms with van der Waals surface area (Å²) in [5, 5.41) is 15.4. The van der Waals surface area contributed by atoms with Crippen molar-refractivity contribution < 1.29 is 0 Å². The highest BCUT2D eigenvalue weighted by Gasteiger charge is 2.39. The highest BCUT2D eigenvalue weighted by Crippen LogP contribution is 2.57. The summed E-state index contributed by atoms with van der Waals surface area (Å²) in [6, 6.07) is 152. The van der Waals surface area contributed by atoms with Crippen molar-refractivity contribution in [2.75, 3.05) is 0 Å². The first-order chi connectivity index (χ1) is 57.4. The second kappa shape index (κ2) is 28.2. The molecule has 0 heteroatoms. The fourth-order valence-corrected chi connectivity index (χ4v) is 20.3. The average Bonchev–Trinajstić information content (AvgIpc) is 1.67. The van der Waals surface area contributed by atoms with Gasteiger partial charge in [-0.15, -0.1) is 0 Å². The lowest BCUT2D eigenvalue weighted by Crippen LogP contribution is -2.15. The Morgan fingerprint density at radius 3 is 0.735 bits per heavy atom. The van der Waals surface area contributed by atoms with Gasteiger partial charge in [0.05, 0.1) is 0 Å². The summed E-state index contributed by atoms with van der Waals surface area (Å²) in [4.78, 5) is 0. The molecule has 0 spiro atoms. The minimum atomic E-state index is -0.0368. The molecule has 554 valence electrons. The Bertz CT molecular complexity index is 6810. The van der Waals surface area contributed by atoms with Gasteiger partial charge in [0, 0.05) is 16.2 Å². The molecule has 0 saturated heterocycles. The van der Waals surface area contributed by atoms with E-state index in [1.807, 2.05) is 0 Å². The molecule has 0 nitrogen and oxygen atoms in total. The van der Waals surface area contributed by atoms with E-state index in [0.717, 1.165) is 0 Å². The Kier molecular flexibility index (Phi) is 17.1. The molecule has 3 aliphatic carbocycles. The Balaban J connectivity index is 0.000000112. The minimum absolute atomic E-state index is 0.00600. The molecule has 3 aliphatic rings. The molecular weight excluding hydrogens is 1410 g/mol. The molecule has 0 aromatic heterocycles. The van der Waals surface area contributed by atoms with Crippen molar-refractivity contribution in [1.82, 2.24) is 0 Å². The van der Waals surface area contributed by atoms with Crippen LogP contribution in [0.25, 0.3) is 187 Å². The van der Waals surface area contributed by atoms with E-state index in [1.54, 1.807) is 0 Å². The Morgan fingerprint density at radius 1 is 0.137 bits per heavy atom. The number of hydrogen-bond donors (Lipinski definition) is 0. The molecule has 0 heterocycles. The molecule has 0 radical (unpaired) electrons. The summed E-state index contributed by atoms with van der Waals surface area (Å²) in [6.45, 7) is 14.2. The molecule has 0 atom stereocenters.